The molecule has 1 heterocycles. The average Bonchev–Trinajstić information content (AvgIpc) is 2.47. The molecular weight excluding hydrogens is 282 g/mol. The van der Waals surface area contributed by atoms with Crippen LogP contribution in [-0.2, 0) is 0 Å². The second-order valence-corrected chi connectivity index (χ2v) is 5.31. The third kappa shape index (κ3) is 2.88. The van der Waals surface area contributed by atoms with Crippen LogP contribution in [0.5, 0.6) is 0 Å². The van der Waals surface area contributed by atoms with Crippen molar-refractivity contribution in [2.24, 2.45) is 0 Å². The van der Waals surface area contributed by atoms with Gasteiger partial charge < -0.3 is 5.73 Å². The molecule has 0 fully saturated rings. The van der Waals surface area contributed by atoms with Gasteiger partial charge in [-0.1, -0.05) is 41.9 Å². The van der Waals surface area contributed by atoms with Gasteiger partial charge in [0.1, 0.15) is 5.82 Å². The number of aromatic nitrogens is 2. The summed E-state index contributed by atoms with van der Waals surface area (Å²) in [5, 5.41) is 0.683. The van der Waals surface area contributed by atoms with E-state index in [1.807, 2.05) is 55.5 Å². The van der Waals surface area contributed by atoms with Gasteiger partial charge in [-0.15, -0.1) is 0 Å². The van der Waals surface area contributed by atoms with Gasteiger partial charge in [-0.2, -0.15) is 0 Å². The van der Waals surface area contributed by atoms with Gasteiger partial charge in [0.2, 0.25) is 0 Å². The van der Waals surface area contributed by atoms with Crippen LogP contribution < -0.4 is 5.73 Å². The summed E-state index contributed by atoms with van der Waals surface area (Å²) in [5.74, 6) is 0.399. The van der Waals surface area contributed by atoms with Crippen LogP contribution in [0.3, 0.4) is 0 Å². The van der Waals surface area contributed by atoms with E-state index in [2.05, 4.69) is 9.97 Å². The Kier molecular flexibility index (Phi) is 3.59. The van der Waals surface area contributed by atoms with Crippen LogP contribution in [0, 0.1) is 6.92 Å². The largest absolute Gasteiger partial charge is 0.382 e. The number of nitrogens with two attached hydrogens (primary N) is 1. The molecule has 0 aliphatic carbocycles. The molecule has 2 N–H and O–H groups in total. The quantitative estimate of drug-likeness (QED) is 0.764. The Labute approximate surface area is 128 Å². The molecule has 0 unspecified atom stereocenters. The van der Waals surface area contributed by atoms with E-state index >= 15 is 0 Å². The maximum absolute atomic E-state index is 6.16. The lowest BCUT2D eigenvalue weighted by Crippen LogP contribution is -1.98. The second-order valence-electron chi connectivity index (χ2n) is 4.88. The molecule has 3 nitrogen and oxygen atoms in total. The van der Waals surface area contributed by atoms with Crippen molar-refractivity contribution in [3.05, 3.63) is 65.3 Å². The Hall–Kier alpha value is -2.39. The van der Waals surface area contributed by atoms with Gasteiger partial charge in [-0.25, -0.2) is 4.98 Å². The summed E-state index contributed by atoms with van der Waals surface area (Å²) in [6, 6.07) is 15.7. The average molecular weight is 296 g/mol. The summed E-state index contributed by atoms with van der Waals surface area (Å²) < 4.78 is 0. The highest BCUT2D eigenvalue weighted by molar-refractivity contribution is 6.31. The molecule has 2 aromatic carbocycles. The van der Waals surface area contributed by atoms with Crippen molar-refractivity contribution in [2.45, 2.75) is 6.92 Å². The van der Waals surface area contributed by atoms with Crippen LogP contribution in [0.25, 0.3) is 22.5 Å². The standard InChI is InChI=1S/C17H14ClN3/c1-11-7-13(9-14(18)8-11)16-17(21-15(19)10-20-16)12-5-3-2-4-6-12/h2-10H,1H3,(H2,19,21). The number of hydrogen-bond donors (Lipinski definition) is 1. The minimum absolute atomic E-state index is 0.399. The molecule has 104 valence electrons. The molecule has 4 heteroatoms. The molecule has 21 heavy (non-hydrogen) atoms. The highest BCUT2D eigenvalue weighted by atomic mass is 35.5. The van der Waals surface area contributed by atoms with E-state index in [1.165, 1.54) is 0 Å². The fourth-order valence-electron chi connectivity index (χ4n) is 2.28. The van der Waals surface area contributed by atoms with Crippen molar-refractivity contribution < 1.29 is 0 Å². The lowest BCUT2D eigenvalue weighted by atomic mass is 10.0. The molecule has 0 amide bonds. The lowest BCUT2D eigenvalue weighted by molar-refractivity contribution is 1.22. The fraction of sp³-hybridized carbons (Fsp3) is 0.0588. The van der Waals surface area contributed by atoms with E-state index in [4.69, 9.17) is 17.3 Å². The van der Waals surface area contributed by atoms with Crippen LogP contribution in [-0.4, -0.2) is 9.97 Å². The smallest absolute Gasteiger partial charge is 0.142 e. The lowest BCUT2D eigenvalue weighted by Gasteiger charge is -2.10. The first-order valence-corrected chi connectivity index (χ1v) is 6.97. The van der Waals surface area contributed by atoms with Crippen molar-refractivity contribution in [1.82, 2.24) is 9.97 Å². The van der Waals surface area contributed by atoms with E-state index in [9.17, 15) is 0 Å². The van der Waals surface area contributed by atoms with Gasteiger partial charge in [-0.05, 0) is 30.7 Å². The first-order chi connectivity index (χ1) is 10.1. The highest BCUT2D eigenvalue weighted by Gasteiger charge is 2.12. The van der Waals surface area contributed by atoms with Gasteiger partial charge in [0.15, 0.2) is 0 Å². The van der Waals surface area contributed by atoms with Gasteiger partial charge >= 0.3 is 0 Å². The molecule has 0 radical (unpaired) electrons. The van der Waals surface area contributed by atoms with E-state index in [0.717, 1.165) is 28.1 Å². The van der Waals surface area contributed by atoms with Crippen molar-refractivity contribution >= 4 is 17.4 Å². The molecule has 3 aromatic rings. The summed E-state index contributed by atoms with van der Waals surface area (Å²) in [6.07, 6.45) is 1.57. The predicted molar refractivity (Wildman–Crippen MR) is 87.1 cm³/mol. The zero-order valence-electron chi connectivity index (χ0n) is 11.5. The Morgan fingerprint density at radius 1 is 0.952 bits per heavy atom. The SMILES string of the molecule is Cc1cc(Cl)cc(-c2ncc(N)nc2-c2ccccc2)c1. The van der Waals surface area contributed by atoms with Gasteiger partial charge in [0.25, 0.3) is 0 Å². The van der Waals surface area contributed by atoms with E-state index in [1.54, 1.807) is 6.20 Å². The fourth-order valence-corrected chi connectivity index (χ4v) is 2.57. The van der Waals surface area contributed by atoms with E-state index in [0.29, 0.717) is 10.8 Å². The van der Waals surface area contributed by atoms with E-state index < -0.39 is 0 Å². The van der Waals surface area contributed by atoms with Crippen LogP contribution >= 0.6 is 11.6 Å². The first-order valence-electron chi connectivity index (χ1n) is 6.59. The number of aryl methyl sites for hydroxylation is 1. The van der Waals surface area contributed by atoms with Crippen molar-refractivity contribution in [3.8, 4) is 22.5 Å². The number of benzene rings is 2. The number of halogens is 1. The molecular formula is C17H14ClN3. The highest BCUT2D eigenvalue weighted by Crippen LogP contribution is 2.31. The van der Waals surface area contributed by atoms with E-state index in [-0.39, 0.29) is 0 Å². The minimum atomic E-state index is 0.399. The number of anilines is 1. The van der Waals surface area contributed by atoms with Crippen LogP contribution in [0.4, 0.5) is 5.82 Å². The molecule has 0 saturated heterocycles. The zero-order valence-corrected chi connectivity index (χ0v) is 12.3. The summed E-state index contributed by atoms with van der Waals surface area (Å²) in [6.45, 7) is 2.00. The van der Waals surface area contributed by atoms with Gasteiger partial charge in [0.05, 0.1) is 17.6 Å². The maximum Gasteiger partial charge on any atom is 0.142 e. The second kappa shape index (κ2) is 5.54. The molecule has 0 atom stereocenters. The summed E-state index contributed by atoms with van der Waals surface area (Å²) in [5.41, 5.74) is 10.3. The van der Waals surface area contributed by atoms with Crippen molar-refractivity contribution in [2.75, 3.05) is 5.73 Å². The monoisotopic (exact) mass is 295 g/mol. The summed E-state index contributed by atoms with van der Waals surface area (Å²) >= 11 is 6.16. The Bertz CT molecular complexity index is 765. The van der Waals surface area contributed by atoms with Gasteiger partial charge in [0, 0.05) is 16.1 Å². The zero-order chi connectivity index (χ0) is 14.8. The van der Waals surface area contributed by atoms with Crippen LogP contribution in [0.2, 0.25) is 5.02 Å². The number of nitrogen functional groups attached to an aromatic ring is 1. The molecule has 0 spiro atoms. The third-order valence-corrected chi connectivity index (χ3v) is 3.37. The first kappa shape index (κ1) is 13.6. The molecule has 0 bridgehead atoms. The number of rotatable bonds is 2. The number of nitrogens with zero attached hydrogens (tertiary/aromatic N) is 2. The third-order valence-electron chi connectivity index (χ3n) is 3.15. The molecule has 1 aromatic heterocycles. The molecule has 0 saturated carbocycles. The van der Waals surface area contributed by atoms with Gasteiger partial charge in [-0.3, -0.25) is 4.98 Å². The molecule has 0 aliphatic rings. The Morgan fingerprint density at radius 3 is 2.43 bits per heavy atom. The van der Waals surface area contributed by atoms with Crippen LogP contribution in [0.15, 0.2) is 54.7 Å². The normalized spacial score (nSPS) is 10.6. The van der Waals surface area contributed by atoms with Crippen molar-refractivity contribution in [1.29, 1.82) is 0 Å². The number of hydrogen-bond acceptors (Lipinski definition) is 3. The molecule has 3 rings (SSSR count). The predicted octanol–water partition coefficient (Wildman–Crippen LogP) is 4.35. The summed E-state index contributed by atoms with van der Waals surface area (Å²) in [4.78, 5) is 8.91. The van der Waals surface area contributed by atoms with Crippen LogP contribution in [0.1, 0.15) is 5.56 Å². The van der Waals surface area contributed by atoms with Crippen molar-refractivity contribution in [3.63, 3.8) is 0 Å². The maximum atomic E-state index is 6.16. The topological polar surface area (TPSA) is 51.8 Å². The summed E-state index contributed by atoms with van der Waals surface area (Å²) in [7, 11) is 0. The Morgan fingerprint density at radius 2 is 1.71 bits per heavy atom. The minimum Gasteiger partial charge on any atom is -0.382 e. The Balaban J connectivity index is 2.23. The molecule has 0 aliphatic heterocycles.